The monoisotopic (exact) mass is 136 g/mol. The van der Waals surface area contributed by atoms with Crippen LogP contribution >= 0.6 is 0 Å². The van der Waals surface area contributed by atoms with Crippen LogP contribution in [-0.4, -0.2) is 0 Å². The van der Waals surface area contributed by atoms with E-state index in [1.54, 1.807) is 25.1 Å². The zero-order valence-electron chi connectivity index (χ0n) is 5.89. The van der Waals surface area contributed by atoms with Gasteiger partial charge in [-0.15, -0.1) is 0 Å². The Morgan fingerprint density at radius 2 is 2.20 bits per heavy atom. The third-order valence-electron chi connectivity index (χ3n) is 1.43. The van der Waals surface area contributed by atoms with Gasteiger partial charge in [0.2, 0.25) is 0 Å². The van der Waals surface area contributed by atoms with Gasteiger partial charge in [-0.05, 0) is 18.2 Å². The fraction of sp³-hybridized carbons (Fsp3) is 0.111. The quantitative estimate of drug-likeness (QED) is 0.500. The van der Waals surface area contributed by atoms with Crippen molar-refractivity contribution in [2.75, 3.05) is 0 Å². The Morgan fingerprint density at radius 3 is 2.60 bits per heavy atom. The molecule has 0 saturated carbocycles. The predicted octanol–water partition coefficient (Wildman–Crippen LogP) is 1.04. The third-order valence-corrected chi connectivity index (χ3v) is 1.43. The molecule has 0 unspecified atom stereocenters. The molecule has 0 nitrogen and oxygen atoms in total. The molecule has 1 heteroatoms. The van der Waals surface area contributed by atoms with Crippen molar-refractivity contribution < 1.29 is 4.39 Å². The normalized spacial score (nSPS) is 12.0. The summed E-state index contributed by atoms with van der Waals surface area (Å²) in [6.07, 6.45) is 1.72. The van der Waals surface area contributed by atoms with Crippen molar-refractivity contribution in [3.8, 4) is 0 Å². The van der Waals surface area contributed by atoms with Crippen LogP contribution in [0.4, 0.5) is 4.39 Å². The van der Waals surface area contributed by atoms with Gasteiger partial charge in [0.15, 0.2) is 0 Å². The summed E-state index contributed by atoms with van der Waals surface area (Å²) in [4.78, 5) is 0. The first kappa shape index (κ1) is 7.00. The lowest BCUT2D eigenvalue weighted by molar-refractivity contribution is 0.617. The van der Waals surface area contributed by atoms with Crippen LogP contribution in [0.5, 0.6) is 0 Å². The van der Waals surface area contributed by atoms with E-state index in [0.717, 1.165) is 5.22 Å². The molecule has 0 radical (unpaired) electrons. The Labute approximate surface area is 59.3 Å². The first-order valence-corrected chi connectivity index (χ1v) is 3.15. The molecule has 0 heterocycles. The molecule has 0 aliphatic heterocycles. The van der Waals surface area contributed by atoms with Crippen molar-refractivity contribution in [2.24, 2.45) is 0 Å². The van der Waals surface area contributed by atoms with Crippen molar-refractivity contribution in [1.29, 1.82) is 0 Å². The minimum Gasteiger partial charge on any atom is -0.206 e. The third kappa shape index (κ3) is 1.08. The molecule has 0 N–H and O–H groups in total. The summed E-state index contributed by atoms with van der Waals surface area (Å²) in [7, 11) is 0. The van der Waals surface area contributed by atoms with Crippen LogP contribution < -0.4 is 10.4 Å². The van der Waals surface area contributed by atoms with E-state index in [1.807, 2.05) is 0 Å². The van der Waals surface area contributed by atoms with Gasteiger partial charge in [-0.1, -0.05) is 24.8 Å². The van der Waals surface area contributed by atoms with E-state index in [1.165, 1.54) is 6.07 Å². The molecule has 10 heavy (non-hydrogen) atoms. The van der Waals surface area contributed by atoms with Crippen LogP contribution in [0, 0.1) is 5.82 Å². The maximum Gasteiger partial charge on any atom is 0.130 e. The predicted molar refractivity (Wildman–Crippen MR) is 41.3 cm³/mol. The maximum absolute atomic E-state index is 12.8. The summed E-state index contributed by atoms with van der Waals surface area (Å²) in [5.74, 6) is -0.199. The highest BCUT2D eigenvalue weighted by Gasteiger charge is 1.88. The second kappa shape index (κ2) is 2.65. The SMILES string of the molecule is C=c1cccc(F)/c1=C/C. The number of benzene rings is 1. The van der Waals surface area contributed by atoms with Gasteiger partial charge >= 0.3 is 0 Å². The number of hydrogen-bond donors (Lipinski definition) is 0. The van der Waals surface area contributed by atoms with E-state index in [9.17, 15) is 4.39 Å². The van der Waals surface area contributed by atoms with E-state index >= 15 is 0 Å². The van der Waals surface area contributed by atoms with Crippen molar-refractivity contribution in [3.63, 3.8) is 0 Å². The molecular formula is C9H9F. The Hall–Kier alpha value is -1.11. The van der Waals surface area contributed by atoms with Gasteiger partial charge in [0.1, 0.15) is 5.82 Å². The molecule has 0 fully saturated rings. The standard InChI is InChI=1S/C9H9F/c1-3-8-7(2)5-4-6-9(8)10/h3-6H,2H2,1H3/b8-3+. The zero-order valence-corrected chi connectivity index (χ0v) is 5.89. The molecule has 1 aromatic carbocycles. The fourth-order valence-electron chi connectivity index (χ4n) is 0.905. The van der Waals surface area contributed by atoms with Crippen molar-refractivity contribution in [2.45, 2.75) is 6.92 Å². The van der Waals surface area contributed by atoms with Gasteiger partial charge in [-0.25, -0.2) is 4.39 Å². The summed E-state index contributed by atoms with van der Waals surface area (Å²) in [5, 5.41) is 1.34. The Kier molecular flexibility index (Phi) is 1.86. The highest BCUT2D eigenvalue weighted by molar-refractivity contribution is 5.25. The maximum atomic E-state index is 12.8. The minimum absolute atomic E-state index is 0.199. The van der Waals surface area contributed by atoms with E-state index in [-0.39, 0.29) is 5.82 Å². The molecule has 0 aromatic heterocycles. The molecule has 52 valence electrons. The molecule has 0 aliphatic rings. The van der Waals surface area contributed by atoms with Gasteiger partial charge in [0, 0.05) is 5.22 Å². The lowest BCUT2D eigenvalue weighted by Crippen LogP contribution is -2.25. The van der Waals surface area contributed by atoms with Crippen molar-refractivity contribution in [3.05, 3.63) is 34.5 Å². The van der Waals surface area contributed by atoms with E-state index < -0.39 is 0 Å². The Bertz CT molecular complexity index is 325. The van der Waals surface area contributed by atoms with Crippen LogP contribution in [0.2, 0.25) is 0 Å². The lowest BCUT2D eigenvalue weighted by Gasteiger charge is -1.88. The topological polar surface area (TPSA) is 0 Å². The first-order chi connectivity index (χ1) is 4.75. The fourth-order valence-corrected chi connectivity index (χ4v) is 0.905. The Morgan fingerprint density at radius 1 is 1.50 bits per heavy atom. The van der Waals surface area contributed by atoms with Gasteiger partial charge in [-0.3, -0.25) is 0 Å². The lowest BCUT2D eigenvalue weighted by atomic mass is 10.2. The summed E-state index contributed by atoms with van der Waals surface area (Å²) >= 11 is 0. The van der Waals surface area contributed by atoms with E-state index in [2.05, 4.69) is 6.58 Å². The molecule has 0 spiro atoms. The molecule has 0 saturated heterocycles. The number of halogens is 1. The number of hydrogen-bond acceptors (Lipinski definition) is 0. The van der Waals surface area contributed by atoms with Crippen LogP contribution in [0.3, 0.4) is 0 Å². The molecule has 0 bridgehead atoms. The van der Waals surface area contributed by atoms with E-state index in [4.69, 9.17) is 0 Å². The molecule has 1 aromatic rings. The van der Waals surface area contributed by atoms with Crippen LogP contribution in [0.15, 0.2) is 18.2 Å². The summed E-state index contributed by atoms with van der Waals surface area (Å²) in [6.45, 7) is 5.48. The summed E-state index contributed by atoms with van der Waals surface area (Å²) in [5.41, 5.74) is 0. The highest BCUT2D eigenvalue weighted by Crippen LogP contribution is 1.82. The van der Waals surface area contributed by atoms with Crippen molar-refractivity contribution >= 4 is 12.7 Å². The molecule has 1 rings (SSSR count). The largest absolute Gasteiger partial charge is 0.206 e. The molecule has 0 amide bonds. The molecule has 0 aliphatic carbocycles. The van der Waals surface area contributed by atoms with E-state index in [0.29, 0.717) is 5.22 Å². The summed E-state index contributed by atoms with van der Waals surface area (Å²) < 4.78 is 12.8. The average Bonchev–Trinajstić information content (AvgIpc) is 1.88. The average molecular weight is 136 g/mol. The van der Waals surface area contributed by atoms with Crippen LogP contribution in [0.25, 0.3) is 12.7 Å². The van der Waals surface area contributed by atoms with Crippen molar-refractivity contribution in [1.82, 2.24) is 0 Å². The van der Waals surface area contributed by atoms with Gasteiger partial charge in [0.25, 0.3) is 0 Å². The minimum atomic E-state index is -0.199. The zero-order chi connectivity index (χ0) is 7.56. The smallest absolute Gasteiger partial charge is 0.130 e. The molecular weight excluding hydrogens is 127 g/mol. The van der Waals surface area contributed by atoms with Gasteiger partial charge < -0.3 is 0 Å². The van der Waals surface area contributed by atoms with Gasteiger partial charge in [-0.2, -0.15) is 0 Å². The second-order valence-electron chi connectivity index (χ2n) is 2.10. The van der Waals surface area contributed by atoms with Crippen LogP contribution in [-0.2, 0) is 0 Å². The second-order valence-corrected chi connectivity index (χ2v) is 2.10. The highest BCUT2D eigenvalue weighted by atomic mass is 19.1. The summed E-state index contributed by atoms with van der Waals surface area (Å²) in [6, 6.07) is 4.88. The number of rotatable bonds is 0. The Balaban J connectivity index is 3.63. The molecule has 0 atom stereocenters. The van der Waals surface area contributed by atoms with Crippen LogP contribution in [0.1, 0.15) is 6.92 Å². The van der Waals surface area contributed by atoms with Gasteiger partial charge in [0.05, 0.1) is 0 Å². The first-order valence-electron chi connectivity index (χ1n) is 3.15.